The van der Waals surface area contributed by atoms with E-state index in [1.807, 2.05) is 6.92 Å². The van der Waals surface area contributed by atoms with Gasteiger partial charge in [0, 0.05) is 0 Å². The summed E-state index contributed by atoms with van der Waals surface area (Å²) >= 11 is 7.55. The fourth-order valence-electron chi connectivity index (χ4n) is 0.403. The van der Waals surface area contributed by atoms with Gasteiger partial charge in [0.1, 0.15) is 0 Å². The van der Waals surface area contributed by atoms with Gasteiger partial charge in [-0.1, -0.05) is 13.1 Å². The number of halogens is 2. The summed E-state index contributed by atoms with van der Waals surface area (Å²) in [5.74, 6) is 0. The number of aryl methyl sites for hydroxylation is 1. The molecule has 0 N–H and O–H groups in total. The molecule has 0 saturated heterocycles. The third-order valence-corrected chi connectivity index (χ3v) is 1.70. The van der Waals surface area contributed by atoms with Crippen LogP contribution in [0.3, 0.4) is 0 Å². The maximum absolute atomic E-state index is 3.84. The van der Waals surface area contributed by atoms with Gasteiger partial charge in [0.05, 0.1) is 0 Å². The number of aromatic nitrogens is 1. The first-order valence-corrected chi connectivity index (χ1v) is 10.3. The van der Waals surface area contributed by atoms with Gasteiger partial charge in [-0.3, -0.25) is 0 Å². The Morgan fingerprint density at radius 2 is 2.20 bits per heavy atom. The third kappa shape index (κ3) is 3.79. The second-order valence-corrected chi connectivity index (χ2v) is 2.38. The van der Waals surface area contributed by atoms with Gasteiger partial charge in [-0.05, 0) is 6.20 Å². The molecule has 0 aliphatic carbocycles. The Labute approximate surface area is 85.8 Å². The van der Waals surface area contributed by atoms with Gasteiger partial charge in [-0.15, -0.1) is 4.47 Å². The second-order valence-electron chi connectivity index (χ2n) is 1.52. The van der Waals surface area contributed by atoms with Crippen LogP contribution in [0.25, 0.3) is 0 Å². The number of hydrogen-bond acceptors (Lipinski definition) is 1. The first kappa shape index (κ1) is 10.7. The van der Waals surface area contributed by atoms with Crippen molar-refractivity contribution in [1.82, 2.24) is 4.98 Å². The Kier molecular flexibility index (Phi) is 6.92. The van der Waals surface area contributed by atoms with Gasteiger partial charge in [0.2, 0.25) is 0 Å². The summed E-state index contributed by atoms with van der Waals surface area (Å²) in [7, 11) is 0. The zero-order valence-corrected chi connectivity index (χ0v) is 11.7. The van der Waals surface area contributed by atoms with Gasteiger partial charge >= 0.3 is 30.0 Å². The van der Waals surface area contributed by atoms with Gasteiger partial charge in [-0.25, -0.2) is 11.6 Å². The predicted molar refractivity (Wildman–Crippen MR) is 44.4 cm³/mol. The molecule has 0 unspecified atom stereocenters. The topological polar surface area (TPSA) is 12.9 Å². The van der Waals surface area contributed by atoms with Crippen molar-refractivity contribution in [1.29, 1.82) is 0 Å². The quantitative estimate of drug-likeness (QED) is 0.530. The van der Waals surface area contributed by atoms with Crippen molar-refractivity contribution in [2.75, 3.05) is 0 Å². The molecule has 1 rings (SSSR count). The van der Waals surface area contributed by atoms with Crippen LogP contribution in [0, 0.1) is 13.0 Å². The first-order chi connectivity index (χ1) is 4.80. The normalized spacial score (nSPS) is 8.10. The third-order valence-electron chi connectivity index (χ3n) is 0.902. The monoisotopic (exact) mass is 313 g/mol. The van der Waals surface area contributed by atoms with E-state index >= 15 is 0 Å². The molecule has 50 valence electrons. The van der Waals surface area contributed by atoms with Gasteiger partial charge < -0.3 is 4.98 Å². The van der Waals surface area contributed by atoms with E-state index in [0.717, 1.165) is 10.0 Å². The average molecular weight is 316 g/mol. The zero-order valence-electron chi connectivity index (χ0n) is 5.56. The molecule has 1 aromatic heterocycles. The Balaban J connectivity index is 0.000000371. The molecular weight excluding hydrogens is 311 g/mol. The molecule has 0 aromatic carbocycles. The molecule has 0 saturated carbocycles. The van der Waals surface area contributed by atoms with Gasteiger partial charge in [0.25, 0.3) is 0 Å². The number of rotatable bonds is 0. The summed E-state index contributed by atoms with van der Waals surface area (Å²) in [6, 6.07) is 2.94. The molecule has 4 heteroatoms. The van der Waals surface area contributed by atoms with Crippen LogP contribution in [0.5, 0.6) is 0 Å². The number of hydrogen-bond donors (Lipinski definition) is 0. The molecule has 1 nitrogen and oxygen atoms in total. The molecular formula is C6H5Br2NZn. The molecule has 0 atom stereocenters. The Bertz CT molecular complexity index is 172. The number of pyridine rings is 1. The van der Waals surface area contributed by atoms with E-state index < -0.39 is 0 Å². The SMILES string of the molecule is Cc1[c-]cncc1Br.[Zn+][Br]. The van der Waals surface area contributed by atoms with Gasteiger partial charge in [-0.2, -0.15) is 15.9 Å². The van der Waals surface area contributed by atoms with Crippen LogP contribution >= 0.6 is 29.6 Å². The van der Waals surface area contributed by atoms with Crippen LogP contribution in [-0.4, -0.2) is 4.98 Å². The zero-order chi connectivity index (χ0) is 7.98. The van der Waals surface area contributed by atoms with E-state index in [2.05, 4.69) is 40.6 Å². The van der Waals surface area contributed by atoms with Crippen LogP contribution in [0.15, 0.2) is 16.9 Å². The molecule has 0 fully saturated rings. The fourth-order valence-corrected chi connectivity index (χ4v) is 0.635. The predicted octanol–water partition coefficient (Wildman–Crippen LogP) is 2.80. The van der Waals surface area contributed by atoms with Crippen molar-refractivity contribution in [2.45, 2.75) is 6.92 Å². The molecule has 0 spiro atoms. The average Bonchev–Trinajstić information content (AvgIpc) is 2.00. The van der Waals surface area contributed by atoms with Crippen molar-refractivity contribution in [2.24, 2.45) is 0 Å². The minimum absolute atomic E-state index is 1.01. The summed E-state index contributed by atoms with van der Waals surface area (Å²) in [4.78, 5) is 3.84. The van der Waals surface area contributed by atoms with Crippen LogP contribution < -0.4 is 0 Å². The molecule has 0 radical (unpaired) electrons. The molecule has 1 aromatic rings. The Morgan fingerprint density at radius 1 is 1.60 bits per heavy atom. The summed E-state index contributed by atoms with van der Waals surface area (Å²) in [6.45, 7) is 1.98. The van der Waals surface area contributed by atoms with E-state index in [0.29, 0.717) is 0 Å². The second kappa shape index (κ2) is 6.44. The van der Waals surface area contributed by atoms with Crippen LogP contribution in [0.4, 0.5) is 0 Å². The van der Waals surface area contributed by atoms with Crippen molar-refractivity contribution >= 4 is 29.6 Å². The molecule has 10 heavy (non-hydrogen) atoms. The van der Waals surface area contributed by atoms with Gasteiger partial charge in [0.15, 0.2) is 0 Å². The molecule has 0 amide bonds. The van der Waals surface area contributed by atoms with Crippen LogP contribution in [-0.2, 0) is 16.3 Å². The number of nitrogens with zero attached hydrogens (tertiary/aromatic N) is 1. The van der Waals surface area contributed by atoms with Crippen molar-refractivity contribution in [3.05, 3.63) is 28.5 Å². The van der Waals surface area contributed by atoms with Crippen LogP contribution in [0.1, 0.15) is 5.56 Å². The van der Waals surface area contributed by atoms with Crippen LogP contribution in [0.2, 0.25) is 0 Å². The van der Waals surface area contributed by atoms with Crippen molar-refractivity contribution < 1.29 is 16.3 Å². The van der Waals surface area contributed by atoms with E-state index in [9.17, 15) is 0 Å². The van der Waals surface area contributed by atoms with E-state index in [1.54, 1.807) is 12.4 Å². The summed E-state index contributed by atoms with van der Waals surface area (Å²) < 4.78 is 1.01. The molecule has 0 bridgehead atoms. The molecule has 1 heterocycles. The minimum atomic E-state index is 1.01. The maximum atomic E-state index is 3.84. The van der Waals surface area contributed by atoms with E-state index in [-0.39, 0.29) is 0 Å². The van der Waals surface area contributed by atoms with E-state index in [1.165, 1.54) is 16.3 Å². The standard InChI is InChI=1S/C6H5BrN.BrH.Zn/c1-5-2-3-8-4-6(5)7;;/h3-4H,1H3;1H;/q-1;;+2/p-1. The molecule has 0 aliphatic rings. The van der Waals surface area contributed by atoms with Crippen molar-refractivity contribution in [3.8, 4) is 0 Å². The summed E-state index contributed by atoms with van der Waals surface area (Å²) in [6.07, 6.45) is 3.41. The van der Waals surface area contributed by atoms with E-state index in [4.69, 9.17) is 0 Å². The molecule has 0 aliphatic heterocycles. The fraction of sp³-hybridized carbons (Fsp3) is 0.167. The summed E-state index contributed by atoms with van der Waals surface area (Å²) in [5, 5.41) is 0. The Morgan fingerprint density at radius 3 is 2.50 bits per heavy atom. The summed E-state index contributed by atoms with van der Waals surface area (Å²) in [5.41, 5.74) is 1.10. The first-order valence-electron chi connectivity index (χ1n) is 2.55. The van der Waals surface area contributed by atoms with Crippen molar-refractivity contribution in [3.63, 3.8) is 0 Å². The Hall–Kier alpha value is 0.733.